The van der Waals surface area contributed by atoms with Gasteiger partial charge >= 0.3 is 6.09 Å². The summed E-state index contributed by atoms with van der Waals surface area (Å²) in [5, 5.41) is 2.80. The largest absolute Gasteiger partial charge is 0.447 e. The molecule has 1 saturated heterocycles. The first-order valence-electron chi connectivity index (χ1n) is 5.36. The molecule has 78 valence electrons. The van der Waals surface area contributed by atoms with E-state index < -0.39 is 0 Å². The van der Waals surface area contributed by atoms with Gasteiger partial charge in [-0.3, -0.25) is 0 Å². The first-order chi connectivity index (χ1) is 7.33. The van der Waals surface area contributed by atoms with Crippen LogP contribution in [0.2, 0.25) is 0 Å². The molecule has 3 nitrogen and oxygen atoms in total. The van der Waals surface area contributed by atoms with Crippen molar-refractivity contribution in [3.05, 3.63) is 35.4 Å². The molecular formula is C12H13NO2. The molecule has 1 N–H and O–H groups in total. The van der Waals surface area contributed by atoms with Gasteiger partial charge in [0.1, 0.15) is 6.61 Å². The summed E-state index contributed by atoms with van der Waals surface area (Å²) in [6.07, 6.45) is 2.30. The highest BCUT2D eigenvalue weighted by Gasteiger charge is 2.27. The Hall–Kier alpha value is -1.51. The van der Waals surface area contributed by atoms with Crippen LogP contribution in [0.4, 0.5) is 4.79 Å². The van der Waals surface area contributed by atoms with E-state index in [-0.39, 0.29) is 12.1 Å². The van der Waals surface area contributed by atoms with Gasteiger partial charge in [-0.15, -0.1) is 0 Å². The zero-order chi connectivity index (χ0) is 10.3. The lowest BCUT2D eigenvalue weighted by Gasteiger charge is -2.09. The predicted octanol–water partition coefficient (Wildman–Crippen LogP) is 2.34. The van der Waals surface area contributed by atoms with Crippen molar-refractivity contribution in [2.45, 2.75) is 24.8 Å². The molecule has 0 radical (unpaired) electrons. The Labute approximate surface area is 88.4 Å². The van der Waals surface area contributed by atoms with Gasteiger partial charge < -0.3 is 10.1 Å². The SMILES string of the molecule is O=C1NC(c2cccc(C3CC3)c2)CO1. The van der Waals surface area contributed by atoms with E-state index in [9.17, 15) is 4.79 Å². The first-order valence-corrected chi connectivity index (χ1v) is 5.36. The summed E-state index contributed by atoms with van der Waals surface area (Å²) < 4.78 is 4.89. The molecule has 0 spiro atoms. The van der Waals surface area contributed by atoms with Crippen LogP contribution in [-0.2, 0) is 4.74 Å². The van der Waals surface area contributed by atoms with Crippen LogP contribution in [0.1, 0.15) is 35.9 Å². The van der Waals surface area contributed by atoms with Gasteiger partial charge in [0, 0.05) is 0 Å². The Kier molecular flexibility index (Phi) is 1.91. The minimum absolute atomic E-state index is 0.0381. The molecule has 1 aromatic rings. The van der Waals surface area contributed by atoms with Gasteiger partial charge in [-0.2, -0.15) is 0 Å². The highest BCUT2D eigenvalue weighted by molar-refractivity contribution is 5.70. The van der Waals surface area contributed by atoms with Crippen LogP contribution in [0.5, 0.6) is 0 Å². The fourth-order valence-electron chi connectivity index (χ4n) is 2.01. The lowest BCUT2D eigenvalue weighted by Crippen LogP contribution is -2.18. The molecule has 2 aliphatic rings. The fourth-order valence-corrected chi connectivity index (χ4v) is 2.01. The highest BCUT2D eigenvalue weighted by Crippen LogP contribution is 2.40. The van der Waals surface area contributed by atoms with E-state index in [2.05, 4.69) is 23.5 Å². The second kappa shape index (κ2) is 3.26. The number of alkyl carbamates (subject to hydrolysis) is 1. The minimum Gasteiger partial charge on any atom is -0.447 e. The number of carbonyl (C=O) groups excluding carboxylic acids is 1. The van der Waals surface area contributed by atoms with E-state index in [0.717, 1.165) is 11.5 Å². The monoisotopic (exact) mass is 203 g/mol. The molecule has 0 aromatic heterocycles. The van der Waals surface area contributed by atoms with Gasteiger partial charge in [0.2, 0.25) is 0 Å². The summed E-state index contributed by atoms with van der Waals surface area (Å²) >= 11 is 0. The van der Waals surface area contributed by atoms with Crippen LogP contribution in [0.3, 0.4) is 0 Å². The second-order valence-corrected chi connectivity index (χ2v) is 4.24. The van der Waals surface area contributed by atoms with Crippen molar-refractivity contribution in [2.75, 3.05) is 6.61 Å². The molecule has 1 aliphatic carbocycles. The Bertz CT molecular complexity index is 398. The van der Waals surface area contributed by atoms with E-state index >= 15 is 0 Å². The molecule has 15 heavy (non-hydrogen) atoms. The van der Waals surface area contributed by atoms with Crippen molar-refractivity contribution in [2.24, 2.45) is 0 Å². The summed E-state index contributed by atoms with van der Waals surface area (Å²) in [4.78, 5) is 10.9. The topological polar surface area (TPSA) is 38.3 Å². The molecule has 3 heteroatoms. The average Bonchev–Trinajstić information content (AvgIpc) is 3.02. The maximum Gasteiger partial charge on any atom is 0.407 e. The molecule has 3 rings (SSSR count). The Morgan fingerprint density at radius 3 is 2.73 bits per heavy atom. The molecule has 2 fully saturated rings. The van der Waals surface area contributed by atoms with E-state index in [4.69, 9.17) is 4.74 Å². The van der Waals surface area contributed by atoms with Gasteiger partial charge in [-0.25, -0.2) is 4.79 Å². The number of hydrogen-bond donors (Lipinski definition) is 1. The molecule has 1 aliphatic heterocycles. The molecule has 1 heterocycles. The van der Waals surface area contributed by atoms with Crippen molar-refractivity contribution >= 4 is 6.09 Å². The van der Waals surface area contributed by atoms with Crippen LogP contribution in [0.15, 0.2) is 24.3 Å². The fraction of sp³-hybridized carbons (Fsp3) is 0.417. The van der Waals surface area contributed by atoms with Gasteiger partial charge in [-0.05, 0) is 29.9 Å². The summed E-state index contributed by atoms with van der Waals surface area (Å²) in [6.45, 7) is 0.451. The van der Waals surface area contributed by atoms with E-state index in [1.165, 1.54) is 18.4 Å². The Morgan fingerprint density at radius 1 is 1.27 bits per heavy atom. The van der Waals surface area contributed by atoms with Crippen LogP contribution < -0.4 is 5.32 Å². The van der Waals surface area contributed by atoms with E-state index in [0.29, 0.717) is 6.61 Å². The van der Waals surface area contributed by atoms with Crippen LogP contribution in [-0.4, -0.2) is 12.7 Å². The number of rotatable bonds is 2. The van der Waals surface area contributed by atoms with Gasteiger partial charge in [0.05, 0.1) is 6.04 Å². The number of cyclic esters (lactones) is 1. The summed E-state index contributed by atoms with van der Waals surface area (Å²) in [6, 6.07) is 8.51. The van der Waals surface area contributed by atoms with Crippen molar-refractivity contribution in [1.82, 2.24) is 5.32 Å². The van der Waals surface area contributed by atoms with Crippen molar-refractivity contribution in [3.63, 3.8) is 0 Å². The van der Waals surface area contributed by atoms with Crippen LogP contribution in [0, 0.1) is 0 Å². The third kappa shape index (κ3) is 1.69. The summed E-state index contributed by atoms with van der Waals surface area (Å²) in [7, 11) is 0. The maximum atomic E-state index is 10.9. The van der Waals surface area contributed by atoms with Crippen LogP contribution >= 0.6 is 0 Å². The quantitative estimate of drug-likeness (QED) is 0.801. The van der Waals surface area contributed by atoms with E-state index in [1.54, 1.807) is 0 Å². The third-order valence-electron chi connectivity index (χ3n) is 3.03. The number of amides is 1. The molecule has 1 amide bonds. The van der Waals surface area contributed by atoms with Gasteiger partial charge in [0.25, 0.3) is 0 Å². The number of carbonyl (C=O) groups is 1. The van der Waals surface area contributed by atoms with Crippen LogP contribution in [0.25, 0.3) is 0 Å². The summed E-state index contributed by atoms with van der Waals surface area (Å²) in [5.74, 6) is 0.753. The number of ether oxygens (including phenoxy) is 1. The molecule has 0 bridgehead atoms. The first kappa shape index (κ1) is 8.77. The summed E-state index contributed by atoms with van der Waals surface area (Å²) in [5.41, 5.74) is 2.55. The number of benzene rings is 1. The van der Waals surface area contributed by atoms with Crippen molar-refractivity contribution in [1.29, 1.82) is 0 Å². The second-order valence-electron chi connectivity index (χ2n) is 4.24. The lowest BCUT2D eigenvalue weighted by molar-refractivity contribution is 0.177. The highest BCUT2D eigenvalue weighted by atomic mass is 16.6. The predicted molar refractivity (Wildman–Crippen MR) is 55.6 cm³/mol. The standard InChI is InChI=1S/C12H13NO2/c14-12-13-11(7-15-12)10-3-1-2-9(6-10)8-4-5-8/h1-3,6,8,11H,4-5,7H2,(H,13,14). The number of hydrogen-bond acceptors (Lipinski definition) is 2. The molecule has 1 atom stereocenters. The molecular weight excluding hydrogens is 190 g/mol. The normalized spacial score (nSPS) is 24.8. The molecule has 1 aromatic carbocycles. The molecule has 1 saturated carbocycles. The average molecular weight is 203 g/mol. The van der Waals surface area contributed by atoms with Gasteiger partial charge in [0.15, 0.2) is 0 Å². The molecule has 1 unspecified atom stereocenters. The zero-order valence-electron chi connectivity index (χ0n) is 8.40. The Morgan fingerprint density at radius 2 is 2.07 bits per heavy atom. The maximum absolute atomic E-state index is 10.9. The Balaban J connectivity index is 1.84. The smallest absolute Gasteiger partial charge is 0.407 e. The van der Waals surface area contributed by atoms with Crippen molar-refractivity contribution in [3.8, 4) is 0 Å². The van der Waals surface area contributed by atoms with E-state index in [1.807, 2.05) is 6.07 Å². The van der Waals surface area contributed by atoms with Gasteiger partial charge in [-0.1, -0.05) is 24.3 Å². The lowest BCUT2D eigenvalue weighted by atomic mass is 10.0. The minimum atomic E-state index is -0.308. The third-order valence-corrected chi connectivity index (χ3v) is 3.03. The zero-order valence-corrected chi connectivity index (χ0v) is 8.40. The van der Waals surface area contributed by atoms with Crippen molar-refractivity contribution < 1.29 is 9.53 Å². The number of nitrogens with one attached hydrogen (secondary N) is 1.